The van der Waals surface area contributed by atoms with Crippen molar-refractivity contribution in [3.8, 4) is 0 Å². The molecule has 1 aliphatic heterocycles. The molecule has 0 radical (unpaired) electrons. The minimum absolute atomic E-state index is 0.267. The summed E-state index contributed by atoms with van der Waals surface area (Å²) in [6.45, 7) is 3.51. The lowest BCUT2D eigenvalue weighted by Gasteiger charge is -2.32. The molecule has 0 atom stereocenters. The van der Waals surface area contributed by atoms with E-state index in [4.69, 9.17) is 4.74 Å². The summed E-state index contributed by atoms with van der Waals surface area (Å²) in [4.78, 5) is 0. The summed E-state index contributed by atoms with van der Waals surface area (Å²) in [7, 11) is 0. The number of halogens is 1. The van der Waals surface area contributed by atoms with Crippen LogP contribution in [0.1, 0.15) is 18.4 Å². The second-order valence-corrected chi connectivity index (χ2v) is 4.65. The standard InChI is InChI=1S/C13H18FNO2/c1-10-2-3-11(14)8-12(10)15-9-13(16)4-6-17-7-5-13/h2-3,8,15-16H,4-7,9H2,1H3. The Hall–Kier alpha value is -1.13. The van der Waals surface area contributed by atoms with Crippen molar-refractivity contribution in [3.05, 3.63) is 29.6 Å². The van der Waals surface area contributed by atoms with Gasteiger partial charge in [0.15, 0.2) is 0 Å². The molecule has 1 aromatic rings. The molecule has 0 amide bonds. The van der Waals surface area contributed by atoms with Crippen LogP contribution >= 0.6 is 0 Å². The van der Waals surface area contributed by atoms with E-state index in [2.05, 4.69) is 5.32 Å². The van der Waals surface area contributed by atoms with E-state index in [1.54, 1.807) is 6.07 Å². The molecule has 3 nitrogen and oxygen atoms in total. The number of nitrogens with one attached hydrogen (secondary N) is 1. The molecule has 1 saturated heterocycles. The van der Waals surface area contributed by atoms with Crippen molar-refractivity contribution in [2.45, 2.75) is 25.4 Å². The molecule has 94 valence electrons. The zero-order valence-corrected chi connectivity index (χ0v) is 10.0. The van der Waals surface area contributed by atoms with E-state index in [9.17, 15) is 9.50 Å². The average molecular weight is 239 g/mol. The van der Waals surface area contributed by atoms with Gasteiger partial charge in [0.05, 0.1) is 5.60 Å². The van der Waals surface area contributed by atoms with Crippen molar-refractivity contribution in [3.63, 3.8) is 0 Å². The summed E-state index contributed by atoms with van der Waals surface area (Å²) < 4.78 is 18.3. The van der Waals surface area contributed by atoms with Gasteiger partial charge in [0.25, 0.3) is 0 Å². The van der Waals surface area contributed by atoms with E-state index in [1.165, 1.54) is 12.1 Å². The smallest absolute Gasteiger partial charge is 0.125 e. The summed E-state index contributed by atoms with van der Waals surface area (Å²) in [5, 5.41) is 13.4. The van der Waals surface area contributed by atoms with Gasteiger partial charge in [-0.05, 0) is 24.6 Å². The Balaban J connectivity index is 1.99. The second-order valence-electron chi connectivity index (χ2n) is 4.65. The molecule has 0 spiro atoms. The van der Waals surface area contributed by atoms with Gasteiger partial charge in [-0.2, -0.15) is 0 Å². The van der Waals surface area contributed by atoms with Gasteiger partial charge in [0.1, 0.15) is 5.82 Å². The number of benzene rings is 1. The highest BCUT2D eigenvalue weighted by atomic mass is 19.1. The van der Waals surface area contributed by atoms with E-state index in [1.807, 2.05) is 6.92 Å². The lowest BCUT2D eigenvalue weighted by molar-refractivity contribution is -0.0543. The molecule has 1 heterocycles. The van der Waals surface area contributed by atoms with Gasteiger partial charge in [-0.15, -0.1) is 0 Å². The number of aryl methyl sites for hydroxylation is 1. The van der Waals surface area contributed by atoms with Crippen LogP contribution < -0.4 is 5.32 Å². The fourth-order valence-electron chi connectivity index (χ4n) is 1.97. The lowest BCUT2D eigenvalue weighted by Crippen LogP contribution is -2.42. The fraction of sp³-hybridized carbons (Fsp3) is 0.538. The Morgan fingerprint density at radius 3 is 2.82 bits per heavy atom. The van der Waals surface area contributed by atoms with Crippen LogP contribution in [0, 0.1) is 12.7 Å². The molecule has 2 rings (SSSR count). The number of ether oxygens (including phenoxy) is 1. The second kappa shape index (κ2) is 5.02. The predicted octanol–water partition coefficient (Wildman–Crippen LogP) is 2.09. The molecule has 0 bridgehead atoms. The van der Waals surface area contributed by atoms with Crippen LogP contribution in [-0.4, -0.2) is 30.5 Å². The Morgan fingerprint density at radius 2 is 2.12 bits per heavy atom. The van der Waals surface area contributed by atoms with Gasteiger partial charge in [-0.3, -0.25) is 0 Å². The van der Waals surface area contributed by atoms with E-state index in [0.717, 1.165) is 11.3 Å². The van der Waals surface area contributed by atoms with Crippen LogP contribution in [0.3, 0.4) is 0 Å². The number of aliphatic hydroxyl groups is 1. The van der Waals surface area contributed by atoms with Gasteiger partial charge in [-0.1, -0.05) is 6.07 Å². The van der Waals surface area contributed by atoms with Crippen molar-refractivity contribution in [1.82, 2.24) is 0 Å². The topological polar surface area (TPSA) is 41.5 Å². The molecule has 0 unspecified atom stereocenters. The predicted molar refractivity (Wildman–Crippen MR) is 64.6 cm³/mol. The van der Waals surface area contributed by atoms with Gasteiger partial charge in [-0.25, -0.2) is 4.39 Å². The summed E-state index contributed by atoms with van der Waals surface area (Å²) >= 11 is 0. The fourth-order valence-corrected chi connectivity index (χ4v) is 1.97. The normalized spacial score (nSPS) is 19.0. The third-order valence-electron chi connectivity index (χ3n) is 3.23. The van der Waals surface area contributed by atoms with E-state index < -0.39 is 5.60 Å². The zero-order valence-electron chi connectivity index (χ0n) is 10.0. The molecule has 1 aromatic carbocycles. The molecule has 1 fully saturated rings. The summed E-state index contributed by atoms with van der Waals surface area (Å²) in [5.74, 6) is -0.267. The first kappa shape index (κ1) is 12.3. The first-order valence-electron chi connectivity index (χ1n) is 5.89. The molecule has 0 aromatic heterocycles. The highest BCUT2D eigenvalue weighted by Gasteiger charge is 2.29. The minimum atomic E-state index is -0.739. The highest BCUT2D eigenvalue weighted by molar-refractivity contribution is 5.50. The number of anilines is 1. The van der Waals surface area contributed by atoms with Gasteiger partial charge < -0.3 is 15.2 Å². The van der Waals surface area contributed by atoms with Gasteiger partial charge >= 0.3 is 0 Å². The molecule has 0 aliphatic carbocycles. The molecule has 0 saturated carbocycles. The quantitative estimate of drug-likeness (QED) is 0.848. The maximum atomic E-state index is 13.1. The average Bonchev–Trinajstić information content (AvgIpc) is 2.31. The third kappa shape index (κ3) is 3.17. The molecule has 17 heavy (non-hydrogen) atoms. The summed E-state index contributed by atoms with van der Waals surface area (Å²) in [5.41, 5.74) is 0.976. The SMILES string of the molecule is Cc1ccc(F)cc1NCC1(O)CCOCC1. The molecule has 1 aliphatic rings. The van der Waals surface area contributed by atoms with Crippen molar-refractivity contribution in [1.29, 1.82) is 0 Å². The van der Waals surface area contributed by atoms with Gasteiger partial charge in [0, 0.05) is 38.3 Å². The highest BCUT2D eigenvalue weighted by Crippen LogP contribution is 2.23. The number of hydrogen-bond acceptors (Lipinski definition) is 3. The van der Waals surface area contributed by atoms with Crippen LogP contribution in [0.2, 0.25) is 0 Å². The number of hydrogen-bond donors (Lipinski definition) is 2. The summed E-state index contributed by atoms with van der Waals surface area (Å²) in [6, 6.07) is 4.62. The van der Waals surface area contributed by atoms with Crippen LogP contribution in [0.4, 0.5) is 10.1 Å². The molecule has 4 heteroatoms. The van der Waals surface area contributed by atoms with E-state index in [-0.39, 0.29) is 5.82 Å². The van der Waals surface area contributed by atoms with Crippen molar-refractivity contribution in [2.24, 2.45) is 0 Å². The van der Waals surface area contributed by atoms with Crippen molar-refractivity contribution in [2.75, 3.05) is 25.1 Å². The maximum absolute atomic E-state index is 13.1. The number of rotatable bonds is 3. The Kier molecular flexibility index (Phi) is 3.64. The maximum Gasteiger partial charge on any atom is 0.125 e. The Morgan fingerprint density at radius 1 is 1.41 bits per heavy atom. The summed E-state index contributed by atoms with van der Waals surface area (Å²) in [6.07, 6.45) is 1.24. The lowest BCUT2D eigenvalue weighted by atomic mass is 9.94. The van der Waals surface area contributed by atoms with Crippen molar-refractivity contribution >= 4 is 5.69 Å². The third-order valence-corrected chi connectivity index (χ3v) is 3.23. The Bertz CT molecular complexity index is 389. The van der Waals surface area contributed by atoms with Crippen LogP contribution in [-0.2, 0) is 4.74 Å². The van der Waals surface area contributed by atoms with Crippen LogP contribution in [0.25, 0.3) is 0 Å². The Labute approximate surface area is 101 Å². The van der Waals surface area contributed by atoms with Crippen LogP contribution in [0.5, 0.6) is 0 Å². The first-order chi connectivity index (χ1) is 8.09. The molecular weight excluding hydrogens is 221 g/mol. The van der Waals surface area contributed by atoms with Crippen molar-refractivity contribution < 1.29 is 14.2 Å². The van der Waals surface area contributed by atoms with E-state index >= 15 is 0 Å². The van der Waals surface area contributed by atoms with Gasteiger partial charge in [0.2, 0.25) is 0 Å². The van der Waals surface area contributed by atoms with Crippen LogP contribution in [0.15, 0.2) is 18.2 Å². The van der Waals surface area contributed by atoms with E-state index in [0.29, 0.717) is 32.6 Å². The largest absolute Gasteiger partial charge is 0.388 e. The first-order valence-corrected chi connectivity index (χ1v) is 5.89. The molecular formula is C13H18FNO2. The molecule has 2 N–H and O–H groups in total. The monoisotopic (exact) mass is 239 g/mol. The zero-order chi connectivity index (χ0) is 12.3. The minimum Gasteiger partial charge on any atom is -0.388 e.